The number of rotatable bonds is 4. The Morgan fingerprint density at radius 3 is 2.70 bits per heavy atom. The molecule has 0 saturated carbocycles. The summed E-state index contributed by atoms with van der Waals surface area (Å²) in [6.07, 6.45) is 0. The first kappa shape index (κ1) is 17.7. The molecule has 1 saturated heterocycles. The highest BCUT2D eigenvalue weighted by Crippen LogP contribution is 2.29. The van der Waals surface area contributed by atoms with E-state index in [1.807, 2.05) is 23.6 Å². The summed E-state index contributed by atoms with van der Waals surface area (Å²) in [5, 5.41) is 2.77. The van der Waals surface area contributed by atoms with Crippen molar-refractivity contribution in [1.82, 2.24) is 15.1 Å². The second kappa shape index (κ2) is 8.24. The molecular formula is C17H25N3O2S. The fourth-order valence-electron chi connectivity index (χ4n) is 2.48. The summed E-state index contributed by atoms with van der Waals surface area (Å²) in [7, 11) is 1.74. The van der Waals surface area contributed by atoms with Crippen LogP contribution in [0, 0.1) is 6.92 Å². The number of amides is 3. The van der Waals surface area contributed by atoms with Crippen LogP contribution in [-0.4, -0.2) is 59.9 Å². The predicted molar refractivity (Wildman–Crippen MR) is 94.7 cm³/mol. The number of benzene rings is 1. The van der Waals surface area contributed by atoms with Crippen molar-refractivity contribution in [2.45, 2.75) is 19.9 Å². The third kappa shape index (κ3) is 4.64. The first-order valence-electron chi connectivity index (χ1n) is 7.95. The molecule has 0 radical (unpaired) electrons. The Hall–Kier alpha value is -1.69. The van der Waals surface area contributed by atoms with Gasteiger partial charge in [-0.05, 0) is 19.4 Å². The van der Waals surface area contributed by atoms with Gasteiger partial charge in [-0.1, -0.05) is 29.8 Å². The Morgan fingerprint density at radius 1 is 1.35 bits per heavy atom. The number of urea groups is 1. The number of thioether (sulfide) groups is 1. The number of hydrogen-bond acceptors (Lipinski definition) is 3. The summed E-state index contributed by atoms with van der Waals surface area (Å²) in [6, 6.07) is 8.22. The standard InChI is InChI=1S/C17H25N3O2S/c1-4-19(3)16(21)11-18-17(22)20-9-10-23-12-15(20)14-7-5-13(2)6-8-14/h5-8,15H,4,9-12H2,1-3H3,(H,18,22)/t15-/m0/s1. The molecule has 3 amide bonds. The lowest BCUT2D eigenvalue weighted by Crippen LogP contribution is -2.48. The molecule has 1 N–H and O–H groups in total. The molecule has 5 nitrogen and oxygen atoms in total. The highest BCUT2D eigenvalue weighted by molar-refractivity contribution is 7.99. The van der Waals surface area contributed by atoms with E-state index in [2.05, 4.69) is 36.5 Å². The lowest BCUT2D eigenvalue weighted by molar-refractivity contribution is -0.128. The summed E-state index contributed by atoms with van der Waals surface area (Å²) in [6.45, 7) is 5.36. The second-order valence-electron chi connectivity index (χ2n) is 5.76. The lowest BCUT2D eigenvalue weighted by Gasteiger charge is -2.35. The van der Waals surface area contributed by atoms with E-state index < -0.39 is 0 Å². The van der Waals surface area contributed by atoms with Gasteiger partial charge < -0.3 is 15.1 Å². The molecule has 23 heavy (non-hydrogen) atoms. The van der Waals surface area contributed by atoms with Crippen LogP contribution in [0.5, 0.6) is 0 Å². The molecule has 0 bridgehead atoms. The Kier molecular flexibility index (Phi) is 6.33. The van der Waals surface area contributed by atoms with E-state index in [1.165, 1.54) is 5.56 Å². The van der Waals surface area contributed by atoms with Gasteiger partial charge in [-0.15, -0.1) is 0 Å². The van der Waals surface area contributed by atoms with Crippen molar-refractivity contribution in [1.29, 1.82) is 0 Å². The molecule has 1 aliphatic rings. The van der Waals surface area contributed by atoms with Crippen LogP contribution in [-0.2, 0) is 4.79 Å². The minimum Gasteiger partial charge on any atom is -0.345 e. The number of nitrogens with one attached hydrogen (secondary N) is 1. The van der Waals surface area contributed by atoms with Crippen molar-refractivity contribution >= 4 is 23.7 Å². The topological polar surface area (TPSA) is 52.7 Å². The largest absolute Gasteiger partial charge is 0.345 e. The summed E-state index contributed by atoms with van der Waals surface area (Å²) >= 11 is 1.86. The van der Waals surface area contributed by atoms with Crippen LogP contribution < -0.4 is 5.32 Å². The predicted octanol–water partition coefficient (Wildman–Crippen LogP) is 2.27. The van der Waals surface area contributed by atoms with Crippen LogP contribution in [0.3, 0.4) is 0 Å². The minimum absolute atomic E-state index is 0.0490. The van der Waals surface area contributed by atoms with Gasteiger partial charge in [0.1, 0.15) is 0 Å². The molecule has 0 spiro atoms. The minimum atomic E-state index is -0.159. The summed E-state index contributed by atoms with van der Waals surface area (Å²) in [5.74, 6) is 1.75. The highest BCUT2D eigenvalue weighted by Gasteiger charge is 2.28. The average molecular weight is 335 g/mol. The lowest BCUT2D eigenvalue weighted by atomic mass is 10.1. The molecule has 1 aliphatic heterocycles. The number of carbonyl (C=O) groups excluding carboxylic acids is 2. The SMILES string of the molecule is CCN(C)C(=O)CNC(=O)N1CCSC[C@H]1c1ccc(C)cc1. The Bertz CT molecular complexity index is 547. The van der Waals surface area contributed by atoms with Crippen LogP contribution in [0.1, 0.15) is 24.1 Å². The molecule has 126 valence electrons. The van der Waals surface area contributed by atoms with E-state index in [0.717, 1.165) is 17.1 Å². The summed E-state index contributed by atoms with van der Waals surface area (Å²) in [4.78, 5) is 27.8. The zero-order valence-electron chi connectivity index (χ0n) is 14.0. The van der Waals surface area contributed by atoms with Gasteiger partial charge in [0, 0.05) is 31.6 Å². The van der Waals surface area contributed by atoms with Crippen molar-refractivity contribution in [3.63, 3.8) is 0 Å². The molecule has 1 fully saturated rings. The number of aryl methyl sites for hydroxylation is 1. The molecule has 1 aromatic rings. The molecule has 0 aromatic heterocycles. The van der Waals surface area contributed by atoms with Gasteiger partial charge in [0.25, 0.3) is 0 Å². The van der Waals surface area contributed by atoms with Crippen molar-refractivity contribution in [3.05, 3.63) is 35.4 Å². The second-order valence-corrected chi connectivity index (χ2v) is 6.91. The fourth-order valence-corrected chi connectivity index (χ4v) is 3.56. The van der Waals surface area contributed by atoms with Crippen molar-refractivity contribution in [2.24, 2.45) is 0 Å². The molecule has 6 heteroatoms. The maximum absolute atomic E-state index is 12.5. The van der Waals surface area contributed by atoms with Crippen LogP contribution in [0.4, 0.5) is 4.79 Å². The smallest absolute Gasteiger partial charge is 0.318 e. The van der Waals surface area contributed by atoms with Gasteiger partial charge in [0.2, 0.25) is 5.91 Å². The van der Waals surface area contributed by atoms with Crippen LogP contribution in [0.15, 0.2) is 24.3 Å². The molecule has 1 atom stereocenters. The van der Waals surface area contributed by atoms with Gasteiger partial charge in [0.05, 0.1) is 12.6 Å². The van der Waals surface area contributed by atoms with Gasteiger partial charge in [-0.2, -0.15) is 11.8 Å². The van der Waals surface area contributed by atoms with Gasteiger partial charge in [0.15, 0.2) is 0 Å². The Balaban J connectivity index is 2.01. The number of hydrogen-bond donors (Lipinski definition) is 1. The number of nitrogens with zero attached hydrogens (tertiary/aromatic N) is 2. The first-order valence-corrected chi connectivity index (χ1v) is 9.11. The normalized spacial score (nSPS) is 17.7. The maximum atomic E-state index is 12.5. The highest BCUT2D eigenvalue weighted by atomic mass is 32.2. The van der Waals surface area contributed by atoms with E-state index in [4.69, 9.17) is 0 Å². The zero-order chi connectivity index (χ0) is 16.8. The van der Waals surface area contributed by atoms with Gasteiger partial charge in [-0.3, -0.25) is 4.79 Å². The maximum Gasteiger partial charge on any atom is 0.318 e. The van der Waals surface area contributed by atoms with E-state index in [0.29, 0.717) is 13.1 Å². The van der Waals surface area contributed by atoms with Crippen molar-refractivity contribution in [3.8, 4) is 0 Å². The van der Waals surface area contributed by atoms with Crippen LogP contribution >= 0.6 is 11.8 Å². The van der Waals surface area contributed by atoms with E-state index in [9.17, 15) is 9.59 Å². The van der Waals surface area contributed by atoms with E-state index in [1.54, 1.807) is 11.9 Å². The van der Waals surface area contributed by atoms with E-state index >= 15 is 0 Å². The van der Waals surface area contributed by atoms with E-state index in [-0.39, 0.29) is 24.5 Å². The van der Waals surface area contributed by atoms with Crippen molar-refractivity contribution in [2.75, 3.05) is 38.2 Å². The third-order valence-electron chi connectivity index (χ3n) is 4.14. The molecule has 1 heterocycles. The Labute approximate surface area is 142 Å². The third-order valence-corrected chi connectivity index (χ3v) is 5.17. The summed E-state index contributed by atoms with van der Waals surface area (Å²) < 4.78 is 0. The van der Waals surface area contributed by atoms with Crippen molar-refractivity contribution < 1.29 is 9.59 Å². The fraction of sp³-hybridized carbons (Fsp3) is 0.529. The summed E-state index contributed by atoms with van der Waals surface area (Å²) in [5.41, 5.74) is 2.36. The zero-order valence-corrected chi connectivity index (χ0v) is 14.9. The number of likely N-dealkylation sites (N-methyl/N-ethyl adjacent to an activating group) is 1. The molecule has 1 aromatic carbocycles. The van der Waals surface area contributed by atoms with Gasteiger partial charge >= 0.3 is 6.03 Å². The number of carbonyl (C=O) groups is 2. The first-order chi connectivity index (χ1) is 11.0. The van der Waals surface area contributed by atoms with Gasteiger partial charge in [-0.25, -0.2) is 4.79 Å². The molecule has 0 aliphatic carbocycles. The van der Waals surface area contributed by atoms with Crippen LogP contribution in [0.25, 0.3) is 0 Å². The average Bonchev–Trinajstić information content (AvgIpc) is 2.59. The van der Waals surface area contributed by atoms with Crippen LogP contribution in [0.2, 0.25) is 0 Å². The quantitative estimate of drug-likeness (QED) is 0.918. The Morgan fingerprint density at radius 2 is 2.04 bits per heavy atom. The molecule has 0 unspecified atom stereocenters. The molecule has 2 rings (SSSR count). The molecular weight excluding hydrogens is 310 g/mol. The monoisotopic (exact) mass is 335 g/mol.